The molecule has 196 valence electrons. The van der Waals surface area contributed by atoms with Gasteiger partial charge < -0.3 is 29.4 Å². The first-order chi connectivity index (χ1) is 17.7. The third kappa shape index (κ3) is 5.01. The van der Waals surface area contributed by atoms with E-state index in [2.05, 4.69) is 5.32 Å². The molecule has 2 N–H and O–H groups in total. The predicted octanol–water partition coefficient (Wildman–Crippen LogP) is 4.73. The standard InChI is InChI=1S/C29H33NO7/c1-15(2)37-29(33)26-16(3)30-20-11-19(17-8-10-23(34-4)25(13-17)36-6)12-22(32)28(20)27(26)18-7-9-21(31)24(14-18)35-5/h7-10,13-15,19,27,30-31H,11-12H2,1-6H3/t19-,27-/m0/s1. The summed E-state index contributed by atoms with van der Waals surface area (Å²) in [5.41, 5.74) is 3.93. The molecule has 2 aliphatic rings. The Kier molecular flexibility index (Phi) is 7.47. The van der Waals surface area contributed by atoms with Crippen LogP contribution in [0.2, 0.25) is 0 Å². The molecule has 0 radical (unpaired) electrons. The van der Waals surface area contributed by atoms with Crippen LogP contribution in [0.1, 0.15) is 56.6 Å². The normalized spacial score (nSPS) is 19.4. The Morgan fingerprint density at radius 3 is 2.24 bits per heavy atom. The number of allylic oxidation sites excluding steroid dienone is 3. The quantitative estimate of drug-likeness (QED) is 0.519. The number of carbonyl (C=O) groups is 2. The summed E-state index contributed by atoms with van der Waals surface area (Å²) < 4.78 is 21.7. The molecular weight excluding hydrogens is 474 g/mol. The molecule has 0 saturated heterocycles. The van der Waals surface area contributed by atoms with Crippen molar-refractivity contribution < 1.29 is 33.6 Å². The van der Waals surface area contributed by atoms with Gasteiger partial charge in [0.25, 0.3) is 0 Å². The second-order valence-corrected chi connectivity index (χ2v) is 9.52. The van der Waals surface area contributed by atoms with E-state index in [0.717, 1.165) is 11.3 Å². The molecule has 0 amide bonds. The fourth-order valence-electron chi connectivity index (χ4n) is 5.14. The zero-order valence-electron chi connectivity index (χ0n) is 22.0. The molecule has 0 bridgehead atoms. The third-order valence-corrected chi connectivity index (χ3v) is 6.81. The first-order valence-electron chi connectivity index (χ1n) is 12.2. The van der Waals surface area contributed by atoms with Crippen LogP contribution in [0, 0.1) is 0 Å². The number of benzene rings is 2. The third-order valence-electron chi connectivity index (χ3n) is 6.81. The Bertz CT molecular complexity index is 1290. The highest BCUT2D eigenvalue weighted by molar-refractivity contribution is 6.04. The number of aromatic hydroxyl groups is 1. The van der Waals surface area contributed by atoms with E-state index in [1.807, 2.05) is 25.1 Å². The molecule has 0 aromatic heterocycles. The highest BCUT2D eigenvalue weighted by atomic mass is 16.5. The summed E-state index contributed by atoms with van der Waals surface area (Å²) >= 11 is 0. The average Bonchev–Trinajstić information content (AvgIpc) is 2.87. The van der Waals surface area contributed by atoms with Gasteiger partial charge in [0.05, 0.1) is 33.0 Å². The molecule has 1 aliphatic heterocycles. The summed E-state index contributed by atoms with van der Waals surface area (Å²) in [6, 6.07) is 10.6. The number of Topliss-reactive ketones (excluding diaryl/α,β-unsaturated/α-hetero) is 1. The molecule has 0 fully saturated rings. The minimum atomic E-state index is -0.657. The lowest BCUT2D eigenvalue weighted by molar-refractivity contribution is -0.143. The van der Waals surface area contributed by atoms with Crippen molar-refractivity contribution in [1.29, 1.82) is 0 Å². The number of nitrogens with one attached hydrogen (secondary N) is 1. The molecule has 2 aromatic rings. The number of rotatable bonds is 7. The lowest BCUT2D eigenvalue weighted by atomic mass is 9.71. The van der Waals surface area contributed by atoms with Crippen molar-refractivity contribution in [3.8, 4) is 23.0 Å². The van der Waals surface area contributed by atoms with Crippen LogP contribution in [0.5, 0.6) is 23.0 Å². The van der Waals surface area contributed by atoms with Gasteiger partial charge in [-0.25, -0.2) is 4.79 Å². The number of ketones is 1. The lowest BCUT2D eigenvalue weighted by Crippen LogP contribution is -2.36. The molecule has 4 rings (SSSR count). The largest absolute Gasteiger partial charge is 0.504 e. The molecule has 8 nitrogen and oxygen atoms in total. The Hall–Kier alpha value is -3.94. The van der Waals surface area contributed by atoms with Gasteiger partial charge >= 0.3 is 5.97 Å². The van der Waals surface area contributed by atoms with Gasteiger partial charge in [0.2, 0.25) is 0 Å². The van der Waals surface area contributed by atoms with Crippen molar-refractivity contribution in [1.82, 2.24) is 5.32 Å². The number of hydrogen-bond acceptors (Lipinski definition) is 8. The minimum absolute atomic E-state index is 0.0233. The average molecular weight is 508 g/mol. The minimum Gasteiger partial charge on any atom is -0.504 e. The van der Waals surface area contributed by atoms with Crippen molar-refractivity contribution in [2.75, 3.05) is 21.3 Å². The van der Waals surface area contributed by atoms with Crippen LogP contribution in [0.15, 0.2) is 58.9 Å². The first-order valence-corrected chi connectivity index (χ1v) is 12.2. The molecule has 8 heteroatoms. The fraction of sp³-hybridized carbons (Fsp3) is 0.379. The van der Waals surface area contributed by atoms with Crippen molar-refractivity contribution in [3.63, 3.8) is 0 Å². The first kappa shape index (κ1) is 26.1. The van der Waals surface area contributed by atoms with Gasteiger partial charge in [-0.15, -0.1) is 0 Å². The maximum Gasteiger partial charge on any atom is 0.337 e. The summed E-state index contributed by atoms with van der Waals surface area (Å²) in [5.74, 6) is 0.182. The van der Waals surface area contributed by atoms with Crippen molar-refractivity contribution in [2.45, 2.75) is 51.6 Å². The summed E-state index contributed by atoms with van der Waals surface area (Å²) in [6.45, 7) is 5.38. The SMILES string of the molecule is COc1cc([C@H]2C(C(=O)OC(C)C)=C(C)NC3=C2C(=O)C[C@@H](c2ccc(OC)c(OC)c2)C3)ccc1O. The second-order valence-electron chi connectivity index (χ2n) is 9.52. The van der Waals surface area contributed by atoms with Gasteiger partial charge in [0.15, 0.2) is 28.8 Å². The number of carbonyl (C=O) groups excluding carboxylic acids is 2. The number of hydrogen-bond donors (Lipinski definition) is 2. The Morgan fingerprint density at radius 2 is 1.59 bits per heavy atom. The van der Waals surface area contributed by atoms with Crippen LogP contribution in [-0.4, -0.2) is 44.3 Å². The van der Waals surface area contributed by atoms with Gasteiger partial charge in [0, 0.05) is 29.3 Å². The monoisotopic (exact) mass is 507 g/mol. The number of esters is 1. The van der Waals surface area contributed by atoms with Gasteiger partial charge in [-0.05, 0) is 68.5 Å². The fourth-order valence-corrected chi connectivity index (χ4v) is 5.14. The Labute approximate surface area is 216 Å². The van der Waals surface area contributed by atoms with Crippen LogP contribution in [0.25, 0.3) is 0 Å². The number of dihydropyridines is 1. The molecule has 0 saturated carbocycles. The van der Waals surface area contributed by atoms with Crippen molar-refractivity contribution in [2.24, 2.45) is 0 Å². The van der Waals surface area contributed by atoms with E-state index in [1.54, 1.807) is 40.2 Å². The summed E-state index contributed by atoms with van der Waals surface area (Å²) in [7, 11) is 4.63. The number of methoxy groups -OCH3 is 3. The molecule has 1 heterocycles. The van der Waals surface area contributed by atoms with Crippen LogP contribution >= 0.6 is 0 Å². The zero-order valence-corrected chi connectivity index (χ0v) is 22.0. The molecule has 1 aliphatic carbocycles. The summed E-state index contributed by atoms with van der Waals surface area (Å²) in [4.78, 5) is 27.0. The topological polar surface area (TPSA) is 103 Å². The van der Waals surface area contributed by atoms with Crippen molar-refractivity contribution >= 4 is 11.8 Å². The molecule has 0 unspecified atom stereocenters. The van der Waals surface area contributed by atoms with E-state index in [9.17, 15) is 14.7 Å². The molecule has 37 heavy (non-hydrogen) atoms. The second kappa shape index (κ2) is 10.6. The Morgan fingerprint density at radius 1 is 0.946 bits per heavy atom. The highest BCUT2D eigenvalue weighted by Crippen LogP contribution is 2.47. The molecule has 0 spiro atoms. The number of ether oxygens (including phenoxy) is 4. The highest BCUT2D eigenvalue weighted by Gasteiger charge is 2.42. The van der Waals surface area contributed by atoms with Gasteiger partial charge in [-0.1, -0.05) is 12.1 Å². The van der Waals surface area contributed by atoms with Crippen LogP contribution in [0.3, 0.4) is 0 Å². The van der Waals surface area contributed by atoms with E-state index in [-0.39, 0.29) is 35.7 Å². The van der Waals surface area contributed by atoms with E-state index >= 15 is 0 Å². The van der Waals surface area contributed by atoms with Gasteiger partial charge in [0.1, 0.15) is 0 Å². The van der Waals surface area contributed by atoms with Crippen LogP contribution < -0.4 is 19.5 Å². The van der Waals surface area contributed by atoms with E-state index in [0.29, 0.717) is 40.3 Å². The molecule has 2 aromatic carbocycles. The zero-order chi connectivity index (χ0) is 26.9. The van der Waals surface area contributed by atoms with Gasteiger partial charge in [-0.2, -0.15) is 0 Å². The maximum atomic E-state index is 13.8. The van der Waals surface area contributed by atoms with E-state index < -0.39 is 11.9 Å². The maximum absolute atomic E-state index is 13.8. The lowest BCUT2D eigenvalue weighted by Gasteiger charge is -2.37. The van der Waals surface area contributed by atoms with Crippen LogP contribution in [0.4, 0.5) is 0 Å². The summed E-state index contributed by atoms with van der Waals surface area (Å²) in [6.07, 6.45) is 0.522. The van der Waals surface area contributed by atoms with E-state index in [4.69, 9.17) is 18.9 Å². The number of phenols is 1. The van der Waals surface area contributed by atoms with Gasteiger partial charge in [-0.3, -0.25) is 4.79 Å². The van der Waals surface area contributed by atoms with Crippen LogP contribution in [-0.2, 0) is 14.3 Å². The van der Waals surface area contributed by atoms with E-state index in [1.165, 1.54) is 13.2 Å². The predicted molar refractivity (Wildman–Crippen MR) is 138 cm³/mol. The molecule has 2 atom stereocenters. The summed E-state index contributed by atoms with van der Waals surface area (Å²) in [5, 5.41) is 13.5. The Balaban J connectivity index is 1.80. The number of phenolic OH excluding ortho intramolecular Hbond substituents is 1. The van der Waals surface area contributed by atoms with Crippen molar-refractivity contribution in [3.05, 3.63) is 70.1 Å². The smallest absolute Gasteiger partial charge is 0.337 e. The molecular formula is C29H33NO7.